The number of hydrogen-bond acceptors (Lipinski definition) is 7. The highest BCUT2D eigenvalue weighted by molar-refractivity contribution is 8.01. The van der Waals surface area contributed by atoms with Gasteiger partial charge in [-0.05, 0) is 54.3 Å². The molecular formula is C31H36N2O5S3. The van der Waals surface area contributed by atoms with Crippen molar-refractivity contribution in [2.24, 2.45) is 0 Å². The average Bonchev–Trinajstić information content (AvgIpc) is 3.38. The van der Waals surface area contributed by atoms with Crippen LogP contribution in [0.1, 0.15) is 50.2 Å². The Morgan fingerprint density at radius 2 is 1.76 bits per heavy atom. The van der Waals surface area contributed by atoms with Gasteiger partial charge in [0.15, 0.2) is 4.34 Å². The second-order valence-electron chi connectivity index (χ2n) is 9.82. The van der Waals surface area contributed by atoms with Gasteiger partial charge in [0.1, 0.15) is 11.8 Å². The molecule has 10 heteroatoms. The van der Waals surface area contributed by atoms with Crippen LogP contribution < -0.4 is 9.46 Å². The lowest BCUT2D eigenvalue weighted by molar-refractivity contribution is -0.138. The SMILES string of the molecule is CCCCCCCSc1nc2ccc(S(=O)(=O)N[C@H](Cc3ccc(OCCc4ccccc4)cc3)C(=O)O)cc2s1. The molecule has 0 spiro atoms. The fourth-order valence-electron chi connectivity index (χ4n) is 4.30. The summed E-state index contributed by atoms with van der Waals surface area (Å²) in [6.45, 7) is 2.72. The normalized spacial score (nSPS) is 12.4. The van der Waals surface area contributed by atoms with Crippen LogP contribution in [0, 0.1) is 0 Å². The van der Waals surface area contributed by atoms with Gasteiger partial charge in [0.05, 0.1) is 21.7 Å². The highest BCUT2D eigenvalue weighted by Crippen LogP contribution is 2.32. The van der Waals surface area contributed by atoms with Gasteiger partial charge in [-0.1, -0.05) is 86.8 Å². The summed E-state index contributed by atoms with van der Waals surface area (Å²) in [5.41, 5.74) is 2.61. The lowest BCUT2D eigenvalue weighted by Gasteiger charge is -2.15. The number of aliphatic carboxylic acids is 1. The number of rotatable bonds is 17. The summed E-state index contributed by atoms with van der Waals surface area (Å²) < 4.78 is 36.2. The van der Waals surface area contributed by atoms with Crippen LogP contribution in [0.5, 0.6) is 5.75 Å². The Bertz CT molecular complexity index is 1510. The molecule has 0 bridgehead atoms. The Hall–Kier alpha value is -2.92. The topological polar surface area (TPSA) is 106 Å². The number of unbranched alkanes of at least 4 members (excludes halogenated alkanes) is 4. The van der Waals surface area contributed by atoms with E-state index in [-0.39, 0.29) is 11.3 Å². The Balaban J connectivity index is 1.33. The number of nitrogens with zero attached hydrogens (tertiary/aromatic N) is 1. The Labute approximate surface area is 250 Å². The molecule has 0 saturated heterocycles. The quantitative estimate of drug-likeness (QED) is 0.0981. The Kier molecular flexibility index (Phi) is 11.6. The molecular weight excluding hydrogens is 577 g/mol. The van der Waals surface area contributed by atoms with E-state index in [4.69, 9.17) is 4.74 Å². The molecule has 4 aromatic rings. The molecule has 0 radical (unpaired) electrons. The van der Waals surface area contributed by atoms with Gasteiger partial charge in [0.2, 0.25) is 10.0 Å². The number of sulfonamides is 1. The number of benzene rings is 3. The maximum Gasteiger partial charge on any atom is 0.322 e. The van der Waals surface area contributed by atoms with Gasteiger partial charge >= 0.3 is 5.97 Å². The van der Waals surface area contributed by atoms with Crippen molar-refractivity contribution >= 4 is 49.3 Å². The standard InChI is InChI=1S/C31H36N2O5S3/c1-2-3-4-5-9-20-39-31-32-27-17-16-26(22-29(27)40-31)41(36,37)33-28(30(34)35)21-24-12-14-25(15-13-24)38-19-18-23-10-7-6-8-11-23/h6-8,10-17,22,28,33H,2-5,9,18-21H2,1H3,(H,34,35)/t28-/m1/s1. The van der Waals surface area contributed by atoms with Gasteiger partial charge in [-0.25, -0.2) is 13.4 Å². The zero-order chi connectivity index (χ0) is 29.1. The van der Waals surface area contributed by atoms with Crippen molar-refractivity contribution in [2.45, 2.75) is 67.1 Å². The lowest BCUT2D eigenvalue weighted by Crippen LogP contribution is -2.42. The number of carbonyl (C=O) groups is 1. The number of ether oxygens (including phenoxy) is 1. The van der Waals surface area contributed by atoms with Crippen molar-refractivity contribution in [1.29, 1.82) is 0 Å². The van der Waals surface area contributed by atoms with Crippen molar-refractivity contribution in [2.75, 3.05) is 12.4 Å². The van der Waals surface area contributed by atoms with E-state index in [1.54, 1.807) is 48.2 Å². The van der Waals surface area contributed by atoms with Crippen LogP contribution in [-0.2, 0) is 27.7 Å². The lowest BCUT2D eigenvalue weighted by atomic mass is 10.1. The highest BCUT2D eigenvalue weighted by atomic mass is 32.2. The minimum atomic E-state index is -4.07. The number of thiazole rings is 1. The maximum atomic E-state index is 13.2. The van der Waals surface area contributed by atoms with E-state index < -0.39 is 22.0 Å². The molecule has 0 amide bonds. The smallest absolute Gasteiger partial charge is 0.322 e. The largest absolute Gasteiger partial charge is 0.493 e. The maximum absolute atomic E-state index is 13.2. The summed E-state index contributed by atoms with van der Waals surface area (Å²) in [4.78, 5) is 16.6. The third-order valence-corrected chi connectivity index (χ3v) is 10.3. The van der Waals surface area contributed by atoms with Crippen molar-refractivity contribution in [3.8, 4) is 5.75 Å². The minimum absolute atomic E-state index is 0.000699. The zero-order valence-electron chi connectivity index (χ0n) is 23.1. The second kappa shape index (κ2) is 15.3. The van der Waals surface area contributed by atoms with Gasteiger partial charge < -0.3 is 9.84 Å². The number of carboxylic acid groups (broad SMARTS) is 1. The van der Waals surface area contributed by atoms with Crippen LogP contribution in [0.3, 0.4) is 0 Å². The molecule has 4 rings (SSSR count). The van der Waals surface area contributed by atoms with E-state index in [9.17, 15) is 18.3 Å². The van der Waals surface area contributed by atoms with Gasteiger partial charge in [0.25, 0.3) is 0 Å². The molecule has 1 heterocycles. The fraction of sp³-hybridized carbons (Fsp3) is 0.355. The second-order valence-corrected chi connectivity index (χ2v) is 13.9. The fourth-order valence-corrected chi connectivity index (χ4v) is 7.77. The minimum Gasteiger partial charge on any atom is -0.493 e. The molecule has 0 saturated carbocycles. The molecule has 0 fully saturated rings. The average molecular weight is 613 g/mol. The molecule has 218 valence electrons. The molecule has 3 aromatic carbocycles. The third-order valence-electron chi connectivity index (χ3n) is 6.58. The summed E-state index contributed by atoms with van der Waals surface area (Å²) in [6, 6.07) is 20.5. The zero-order valence-corrected chi connectivity index (χ0v) is 25.6. The van der Waals surface area contributed by atoms with Crippen LogP contribution in [0.25, 0.3) is 10.2 Å². The number of nitrogens with one attached hydrogen (secondary N) is 1. The summed E-state index contributed by atoms with van der Waals surface area (Å²) in [5.74, 6) is 0.411. The van der Waals surface area contributed by atoms with Crippen molar-refractivity contribution in [1.82, 2.24) is 9.71 Å². The van der Waals surface area contributed by atoms with Crippen LogP contribution in [-0.4, -0.2) is 42.9 Å². The first kappa shape index (κ1) is 31.0. The van der Waals surface area contributed by atoms with Crippen LogP contribution in [0.15, 0.2) is 82.0 Å². The first-order valence-corrected chi connectivity index (χ1v) is 17.2. The van der Waals surface area contributed by atoms with Crippen LogP contribution >= 0.6 is 23.1 Å². The van der Waals surface area contributed by atoms with E-state index in [2.05, 4.69) is 16.6 Å². The third kappa shape index (κ3) is 9.56. The predicted molar refractivity (Wildman–Crippen MR) is 167 cm³/mol. The summed E-state index contributed by atoms with van der Waals surface area (Å²) in [5, 5.41) is 9.79. The van der Waals surface area contributed by atoms with E-state index in [0.29, 0.717) is 17.9 Å². The van der Waals surface area contributed by atoms with Crippen LogP contribution in [0.2, 0.25) is 0 Å². The summed E-state index contributed by atoms with van der Waals surface area (Å²) in [7, 11) is -4.07. The van der Waals surface area contributed by atoms with E-state index >= 15 is 0 Å². The molecule has 0 aliphatic heterocycles. The van der Waals surface area contributed by atoms with Crippen molar-refractivity contribution < 1.29 is 23.1 Å². The first-order valence-electron chi connectivity index (χ1n) is 13.9. The van der Waals surface area contributed by atoms with Gasteiger partial charge in [-0.2, -0.15) is 4.72 Å². The first-order chi connectivity index (χ1) is 19.8. The van der Waals surface area contributed by atoms with Gasteiger partial charge in [-0.15, -0.1) is 11.3 Å². The molecule has 2 N–H and O–H groups in total. The van der Waals surface area contributed by atoms with Crippen molar-refractivity contribution in [3.05, 3.63) is 83.9 Å². The molecule has 1 aromatic heterocycles. The summed E-state index contributed by atoms with van der Waals surface area (Å²) >= 11 is 3.15. The molecule has 0 aliphatic carbocycles. The van der Waals surface area contributed by atoms with Gasteiger partial charge in [0, 0.05) is 12.2 Å². The predicted octanol–water partition coefficient (Wildman–Crippen LogP) is 6.95. The highest BCUT2D eigenvalue weighted by Gasteiger charge is 2.26. The van der Waals surface area contributed by atoms with E-state index in [1.807, 2.05) is 30.3 Å². The van der Waals surface area contributed by atoms with Crippen molar-refractivity contribution in [3.63, 3.8) is 0 Å². The number of hydrogen-bond donors (Lipinski definition) is 2. The Morgan fingerprint density at radius 1 is 1.00 bits per heavy atom. The monoisotopic (exact) mass is 612 g/mol. The molecule has 0 aliphatic rings. The van der Waals surface area contributed by atoms with E-state index in [0.717, 1.165) is 33.2 Å². The molecule has 0 unspecified atom stereocenters. The number of thioether (sulfide) groups is 1. The number of fused-ring (bicyclic) bond motifs is 1. The van der Waals surface area contributed by atoms with Gasteiger partial charge in [-0.3, -0.25) is 4.79 Å². The molecule has 7 nitrogen and oxygen atoms in total. The molecule has 1 atom stereocenters. The Morgan fingerprint density at radius 3 is 2.49 bits per heavy atom. The number of aromatic nitrogens is 1. The number of carboxylic acids is 1. The van der Waals surface area contributed by atoms with Crippen LogP contribution in [0.4, 0.5) is 0 Å². The summed E-state index contributed by atoms with van der Waals surface area (Å²) in [6.07, 6.45) is 6.84. The van der Waals surface area contributed by atoms with E-state index in [1.165, 1.54) is 48.6 Å². The molecule has 41 heavy (non-hydrogen) atoms.